The van der Waals surface area contributed by atoms with E-state index in [1.807, 2.05) is 30.3 Å². The predicted molar refractivity (Wildman–Crippen MR) is 72.6 cm³/mol. The zero-order chi connectivity index (χ0) is 13.2. The van der Waals surface area contributed by atoms with Crippen LogP contribution in [0.1, 0.15) is 21.9 Å². The van der Waals surface area contributed by atoms with Crippen molar-refractivity contribution >= 4 is 23.5 Å². The van der Waals surface area contributed by atoms with Crippen LogP contribution in [0.25, 0.3) is 5.65 Å². The van der Waals surface area contributed by atoms with E-state index in [0.717, 1.165) is 11.8 Å². The van der Waals surface area contributed by atoms with Crippen LogP contribution in [0.3, 0.4) is 0 Å². The highest BCUT2D eigenvalue weighted by molar-refractivity contribution is 6.30. The molecule has 0 fully saturated rings. The first-order chi connectivity index (χ1) is 9.26. The van der Waals surface area contributed by atoms with Gasteiger partial charge in [0.1, 0.15) is 5.69 Å². The number of halogens is 1. The van der Waals surface area contributed by atoms with Gasteiger partial charge in [0.15, 0.2) is 17.8 Å². The molecular formula is C14H10ClN3O. The molecule has 3 aromatic rings. The van der Waals surface area contributed by atoms with Crippen molar-refractivity contribution in [2.45, 2.75) is 6.42 Å². The molecule has 0 saturated heterocycles. The molecule has 0 N–H and O–H groups in total. The molecule has 0 bridgehead atoms. The summed E-state index contributed by atoms with van der Waals surface area (Å²) in [6.07, 6.45) is 1.38. The van der Waals surface area contributed by atoms with Crippen LogP contribution in [-0.2, 0) is 6.42 Å². The Morgan fingerprint density at radius 2 is 1.95 bits per heavy atom. The fraction of sp³-hybridized carbons (Fsp3) is 0.0714. The van der Waals surface area contributed by atoms with Crippen LogP contribution in [0.5, 0.6) is 0 Å². The smallest absolute Gasteiger partial charge is 0.168 e. The quantitative estimate of drug-likeness (QED) is 0.688. The summed E-state index contributed by atoms with van der Waals surface area (Å²) >= 11 is 5.84. The van der Waals surface area contributed by atoms with E-state index < -0.39 is 0 Å². The molecule has 0 radical (unpaired) electrons. The molecule has 0 atom stereocenters. The lowest BCUT2D eigenvalue weighted by Crippen LogP contribution is -1.97. The topological polar surface area (TPSA) is 47.3 Å². The molecule has 4 nitrogen and oxygen atoms in total. The highest BCUT2D eigenvalue weighted by atomic mass is 35.5. The number of nitrogens with zero attached hydrogens (tertiary/aromatic N) is 3. The van der Waals surface area contributed by atoms with Crippen molar-refractivity contribution in [3.05, 3.63) is 64.6 Å². The van der Waals surface area contributed by atoms with Gasteiger partial charge in [-0.05, 0) is 29.8 Å². The van der Waals surface area contributed by atoms with Crippen LogP contribution >= 0.6 is 11.6 Å². The summed E-state index contributed by atoms with van der Waals surface area (Å²) in [6.45, 7) is 0. The Hall–Kier alpha value is -2.20. The average Bonchev–Trinajstić information content (AvgIpc) is 2.83. The summed E-state index contributed by atoms with van der Waals surface area (Å²) in [6, 6.07) is 12.9. The molecule has 3 rings (SSSR count). The normalized spacial score (nSPS) is 10.8. The van der Waals surface area contributed by atoms with Crippen molar-refractivity contribution in [2.24, 2.45) is 0 Å². The van der Waals surface area contributed by atoms with Crippen molar-refractivity contribution < 1.29 is 4.79 Å². The van der Waals surface area contributed by atoms with Crippen molar-refractivity contribution in [3.8, 4) is 0 Å². The minimum Gasteiger partial charge on any atom is -0.296 e. The van der Waals surface area contributed by atoms with Gasteiger partial charge >= 0.3 is 0 Å². The first-order valence-corrected chi connectivity index (χ1v) is 6.18. The maximum absolute atomic E-state index is 10.9. The summed E-state index contributed by atoms with van der Waals surface area (Å²) in [5, 5.41) is 5.05. The summed E-state index contributed by atoms with van der Waals surface area (Å²) in [5.74, 6) is 0.677. The van der Waals surface area contributed by atoms with E-state index in [0.29, 0.717) is 28.6 Å². The van der Waals surface area contributed by atoms with Crippen molar-refractivity contribution in [1.82, 2.24) is 14.6 Å². The van der Waals surface area contributed by atoms with Gasteiger partial charge in [-0.1, -0.05) is 29.8 Å². The summed E-state index contributed by atoms with van der Waals surface area (Å²) in [4.78, 5) is 15.3. The largest absolute Gasteiger partial charge is 0.296 e. The van der Waals surface area contributed by atoms with Gasteiger partial charge < -0.3 is 0 Å². The summed E-state index contributed by atoms with van der Waals surface area (Å²) < 4.78 is 1.55. The number of aldehydes is 1. The number of fused-ring (bicyclic) bond motifs is 1. The van der Waals surface area contributed by atoms with Crippen LogP contribution in [-0.4, -0.2) is 20.9 Å². The standard InChI is InChI=1S/C14H10ClN3O/c15-11-6-4-10(5-7-11)8-13-16-14-3-1-2-12(9-19)18(14)17-13/h1-7,9H,8H2. The number of carbonyl (C=O) groups is 1. The van der Waals surface area contributed by atoms with E-state index in [1.165, 1.54) is 0 Å². The third kappa shape index (κ3) is 2.35. The van der Waals surface area contributed by atoms with Gasteiger partial charge in [0.25, 0.3) is 0 Å². The van der Waals surface area contributed by atoms with Crippen molar-refractivity contribution in [1.29, 1.82) is 0 Å². The molecule has 0 aliphatic carbocycles. The number of carbonyl (C=O) groups excluding carboxylic acids is 1. The maximum atomic E-state index is 10.9. The molecule has 1 aromatic carbocycles. The second kappa shape index (κ2) is 4.82. The van der Waals surface area contributed by atoms with E-state index in [1.54, 1.807) is 16.6 Å². The molecular weight excluding hydrogens is 262 g/mol. The zero-order valence-corrected chi connectivity index (χ0v) is 10.7. The monoisotopic (exact) mass is 271 g/mol. The highest BCUT2D eigenvalue weighted by Crippen LogP contribution is 2.13. The number of pyridine rings is 1. The van der Waals surface area contributed by atoms with Crippen LogP contribution < -0.4 is 0 Å². The van der Waals surface area contributed by atoms with E-state index in [9.17, 15) is 4.79 Å². The molecule has 2 heterocycles. The molecule has 19 heavy (non-hydrogen) atoms. The van der Waals surface area contributed by atoms with Crippen LogP contribution in [0, 0.1) is 0 Å². The molecule has 0 amide bonds. The molecule has 0 aliphatic heterocycles. The average molecular weight is 272 g/mol. The Bertz CT molecular complexity index is 734. The minimum absolute atomic E-state index is 0.493. The lowest BCUT2D eigenvalue weighted by Gasteiger charge is -1.96. The van der Waals surface area contributed by atoms with Crippen LogP contribution in [0.15, 0.2) is 42.5 Å². The third-order valence-corrected chi connectivity index (χ3v) is 3.08. The molecule has 0 unspecified atom stereocenters. The minimum atomic E-state index is 0.493. The second-order valence-corrected chi connectivity index (χ2v) is 4.61. The predicted octanol–water partition coefficient (Wildman–Crippen LogP) is 2.79. The van der Waals surface area contributed by atoms with E-state index >= 15 is 0 Å². The third-order valence-electron chi connectivity index (χ3n) is 2.83. The SMILES string of the molecule is O=Cc1cccc2nc(Cc3ccc(Cl)cc3)nn12. The fourth-order valence-corrected chi connectivity index (χ4v) is 2.04. The van der Waals surface area contributed by atoms with Gasteiger partial charge in [-0.3, -0.25) is 4.79 Å². The van der Waals surface area contributed by atoms with Gasteiger partial charge in [-0.15, -0.1) is 0 Å². The molecule has 2 aromatic heterocycles. The van der Waals surface area contributed by atoms with Gasteiger partial charge in [-0.25, -0.2) is 9.50 Å². The molecule has 0 aliphatic rings. The second-order valence-electron chi connectivity index (χ2n) is 4.17. The highest BCUT2D eigenvalue weighted by Gasteiger charge is 2.07. The number of hydrogen-bond acceptors (Lipinski definition) is 3. The summed E-state index contributed by atoms with van der Waals surface area (Å²) in [7, 11) is 0. The van der Waals surface area contributed by atoms with E-state index in [4.69, 9.17) is 11.6 Å². The Kier molecular flexibility index (Phi) is 3.01. The van der Waals surface area contributed by atoms with Gasteiger partial charge in [0.05, 0.1) is 0 Å². The molecule has 5 heteroatoms. The lowest BCUT2D eigenvalue weighted by atomic mass is 10.1. The molecule has 94 valence electrons. The fourth-order valence-electron chi connectivity index (χ4n) is 1.92. The lowest BCUT2D eigenvalue weighted by molar-refractivity contribution is 0.111. The maximum Gasteiger partial charge on any atom is 0.168 e. The Balaban J connectivity index is 1.97. The number of hydrogen-bond donors (Lipinski definition) is 0. The van der Waals surface area contributed by atoms with Gasteiger partial charge in [-0.2, -0.15) is 5.10 Å². The van der Waals surface area contributed by atoms with E-state index in [-0.39, 0.29) is 0 Å². The number of benzene rings is 1. The summed E-state index contributed by atoms with van der Waals surface area (Å²) in [5.41, 5.74) is 2.24. The Labute approximate surface area is 114 Å². The first kappa shape index (κ1) is 11.9. The Morgan fingerprint density at radius 3 is 2.68 bits per heavy atom. The van der Waals surface area contributed by atoms with Crippen LogP contribution in [0.2, 0.25) is 5.02 Å². The molecule has 0 saturated carbocycles. The number of aromatic nitrogens is 3. The van der Waals surface area contributed by atoms with Crippen molar-refractivity contribution in [3.63, 3.8) is 0 Å². The zero-order valence-electron chi connectivity index (χ0n) is 9.95. The first-order valence-electron chi connectivity index (χ1n) is 5.80. The van der Waals surface area contributed by atoms with Gasteiger partial charge in [0.2, 0.25) is 0 Å². The van der Waals surface area contributed by atoms with Crippen LogP contribution in [0.4, 0.5) is 0 Å². The van der Waals surface area contributed by atoms with Gasteiger partial charge in [0, 0.05) is 11.4 Å². The number of rotatable bonds is 3. The van der Waals surface area contributed by atoms with Crippen molar-refractivity contribution in [2.75, 3.05) is 0 Å². The Morgan fingerprint density at radius 1 is 1.16 bits per heavy atom. The van der Waals surface area contributed by atoms with E-state index in [2.05, 4.69) is 10.1 Å². The molecule has 0 spiro atoms.